The van der Waals surface area contributed by atoms with Crippen molar-refractivity contribution in [3.63, 3.8) is 0 Å². The van der Waals surface area contributed by atoms with E-state index in [-0.39, 0.29) is 5.82 Å². The number of ether oxygens (including phenoxy) is 1. The van der Waals surface area contributed by atoms with Crippen LogP contribution in [0.3, 0.4) is 0 Å². The molecule has 0 spiro atoms. The van der Waals surface area contributed by atoms with Gasteiger partial charge in [-0.15, -0.1) is 11.8 Å². The van der Waals surface area contributed by atoms with E-state index in [4.69, 9.17) is 4.74 Å². The normalized spacial score (nSPS) is 11.2. The number of nitrogens with one attached hydrogen (secondary N) is 1. The number of benzene rings is 1. The molecule has 1 rings (SSSR count). The van der Waals surface area contributed by atoms with E-state index in [1.54, 1.807) is 24.9 Å². The predicted octanol–water partition coefficient (Wildman–Crippen LogP) is 3.31. The van der Waals surface area contributed by atoms with E-state index in [0.29, 0.717) is 19.1 Å². The third-order valence-electron chi connectivity index (χ3n) is 2.39. The maximum absolute atomic E-state index is 13.3. The van der Waals surface area contributed by atoms with Gasteiger partial charge in [-0.05, 0) is 29.7 Å². The molecule has 0 bridgehead atoms. The Morgan fingerprint density at radius 3 is 2.83 bits per heavy atom. The van der Waals surface area contributed by atoms with Crippen LogP contribution in [0.2, 0.25) is 0 Å². The Hall–Kier alpha value is -0.580. The fraction of sp³-hybridized carbons (Fsp3) is 0.571. The van der Waals surface area contributed by atoms with E-state index < -0.39 is 0 Å². The minimum absolute atomic E-state index is 0.174. The Morgan fingerprint density at radius 1 is 1.39 bits per heavy atom. The van der Waals surface area contributed by atoms with Gasteiger partial charge >= 0.3 is 0 Å². The van der Waals surface area contributed by atoms with Crippen LogP contribution in [0.15, 0.2) is 23.1 Å². The number of hydrogen-bond donors (Lipinski definition) is 1. The molecule has 0 heterocycles. The Bertz CT molecular complexity index is 358. The van der Waals surface area contributed by atoms with Crippen molar-refractivity contribution in [3.05, 3.63) is 29.6 Å². The van der Waals surface area contributed by atoms with Crippen LogP contribution in [0, 0.1) is 11.7 Å². The molecule has 0 aromatic heterocycles. The van der Waals surface area contributed by atoms with Crippen molar-refractivity contribution in [1.82, 2.24) is 5.32 Å². The molecule has 1 aromatic carbocycles. The van der Waals surface area contributed by atoms with Crippen LogP contribution in [-0.4, -0.2) is 26.0 Å². The fourth-order valence-electron chi connectivity index (χ4n) is 1.48. The Kier molecular flexibility index (Phi) is 7.32. The van der Waals surface area contributed by atoms with Gasteiger partial charge in [-0.2, -0.15) is 0 Å². The lowest BCUT2D eigenvalue weighted by atomic mass is 10.2. The summed E-state index contributed by atoms with van der Waals surface area (Å²) in [6.07, 6.45) is 0. The number of rotatable bonds is 8. The third-order valence-corrected chi connectivity index (χ3v) is 3.94. The van der Waals surface area contributed by atoms with Crippen molar-refractivity contribution in [2.75, 3.05) is 26.0 Å². The first-order chi connectivity index (χ1) is 8.63. The van der Waals surface area contributed by atoms with Crippen molar-refractivity contribution in [2.45, 2.75) is 25.3 Å². The summed E-state index contributed by atoms with van der Waals surface area (Å²) in [5, 5.41) is 3.25. The molecule has 0 saturated heterocycles. The molecule has 0 aliphatic carbocycles. The van der Waals surface area contributed by atoms with Gasteiger partial charge in [0.2, 0.25) is 0 Å². The minimum atomic E-state index is -0.174. The molecule has 0 saturated carbocycles. The third kappa shape index (κ3) is 5.85. The molecule has 0 atom stereocenters. The molecule has 0 aliphatic heterocycles. The average molecular weight is 271 g/mol. The standard InChI is InChI=1S/C14H22FNOS/c1-11(2)10-18-14-5-4-13(15)8-12(14)9-16-6-7-17-3/h4-5,8,11,16H,6-7,9-10H2,1-3H3. The second-order valence-corrected chi connectivity index (χ2v) is 5.69. The van der Waals surface area contributed by atoms with Crippen LogP contribution in [0.1, 0.15) is 19.4 Å². The summed E-state index contributed by atoms with van der Waals surface area (Å²) in [6, 6.07) is 5.01. The van der Waals surface area contributed by atoms with Crippen molar-refractivity contribution in [1.29, 1.82) is 0 Å². The van der Waals surface area contributed by atoms with Crippen molar-refractivity contribution in [3.8, 4) is 0 Å². The van der Waals surface area contributed by atoms with E-state index in [9.17, 15) is 4.39 Å². The van der Waals surface area contributed by atoms with E-state index in [2.05, 4.69) is 19.2 Å². The molecule has 102 valence electrons. The molecular formula is C14H22FNOS. The largest absolute Gasteiger partial charge is 0.383 e. The molecule has 1 N–H and O–H groups in total. The van der Waals surface area contributed by atoms with E-state index in [0.717, 1.165) is 22.8 Å². The molecule has 18 heavy (non-hydrogen) atoms. The van der Waals surface area contributed by atoms with Gasteiger partial charge in [-0.1, -0.05) is 13.8 Å². The molecule has 2 nitrogen and oxygen atoms in total. The van der Waals surface area contributed by atoms with Gasteiger partial charge < -0.3 is 10.1 Å². The van der Waals surface area contributed by atoms with E-state index in [1.807, 2.05) is 6.07 Å². The maximum Gasteiger partial charge on any atom is 0.123 e. The van der Waals surface area contributed by atoms with Crippen LogP contribution in [0.4, 0.5) is 4.39 Å². The average Bonchev–Trinajstić information content (AvgIpc) is 2.33. The number of thioether (sulfide) groups is 1. The van der Waals surface area contributed by atoms with Gasteiger partial charge in [0.15, 0.2) is 0 Å². The highest BCUT2D eigenvalue weighted by molar-refractivity contribution is 7.99. The summed E-state index contributed by atoms with van der Waals surface area (Å²) in [6.45, 7) is 6.51. The fourth-order valence-corrected chi connectivity index (χ4v) is 2.47. The molecular weight excluding hydrogens is 249 g/mol. The summed E-state index contributed by atoms with van der Waals surface area (Å²) in [4.78, 5) is 1.16. The summed E-state index contributed by atoms with van der Waals surface area (Å²) in [5.74, 6) is 1.51. The zero-order valence-corrected chi connectivity index (χ0v) is 12.1. The molecule has 0 aliphatic rings. The molecule has 1 aromatic rings. The number of halogens is 1. The van der Waals surface area contributed by atoms with Crippen LogP contribution in [0.5, 0.6) is 0 Å². The zero-order chi connectivity index (χ0) is 13.4. The van der Waals surface area contributed by atoms with Crippen LogP contribution in [-0.2, 0) is 11.3 Å². The van der Waals surface area contributed by atoms with Gasteiger partial charge in [-0.25, -0.2) is 4.39 Å². The van der Waals surface area contributed by atoms with Crippen LogP contribution in [0.25, 0.3) is 0 Å². The second kappa shape index (κ2) is 8.51. The minimum Gasteiger partial charge on any atom is -0.383 e. The monoisotopic (exact) mass is 271 g/mol. The first-order valence-corrected chi connectivity index (χ1v) is 7.23. The van der Waals surface area contributed by atoms with Gasteiger partial charge in [0.05, 0.1) is 6.61 Å². The molecule has 0 unspecified atom stereocenters. The second-order valence-electron chi connectivity index (χ2n) is 4.63. The van der Waals surface area contributed by atoms with Crippen molar-refractivity contribution >= 4 is 11.8 Å². The maximum atomic E-state index is 13.3. The first kappa shape index (κ1) is 15.5. The highest BCUT2D eigenvalue weighted by atomic mass is 32.2. The summed E-state index contributed by atoms with van der Waals surface area (Å²) < 4.78 is 18.2. The topological polar surface area (TPSA) is 21.3 Å². The van der Waals surface area contributed by atoms with E-state index in [1.165, 1.54) is 6.07 Å². The van der Waals surface area contributed by atoms with Gasteiger partial charge in [0.25, 0.3) is 0 Å². The highest BCUT2D eigenvalue weighted by Crippen LogP contribution is 2.25. The highest BCUT2D eigenvalue weighted by Gasteiger charge is 2.06. The van der Waals surface area contributed by atoms with Gasteiger partial charge in [0, 0.05) is 30.8 Å². The summed E-state index contributed by atoms with van der Waals surface area (Å²) in [5.41, 5.74) is 1.02. The molecule has 0 amide bonds. The lowest BCUT2D eigenvalue weighted by Gasteiger charge is -2.11. The SMILES string of the molecule is COCCNCc1cc(F)ccc1SCC(C)C. The van der Waals surface area contributed by atoms with Crippen LogP contribution >= 0.6 is 11.8 Å². The Labute approximate surface area is 113 Å². The molecule has 0 radical (unpaired) electrons. The number of methoxy groups -OCH3 is 1. The summed E-state index contributed by atoms with van der Waals surface area (Å²) in [7, 11) is 1.67. The lowest BCUT2D eigenvalue weighted by Crippen LogP contribution is -2.19. The van der Waals surface area contributed by atoms with Crippen molar-refractivity contribution < 1.29 is 9.13 Å². The smallest absolute Gasteiger partial charge is 0.123 e. The quantitative estimate of drug-likeness (QED) is 0.579. The molecule has 0 fully saturated rings. The predicted molar refractivity (Wildman–Crippen MR) is 75.5 cm³/mol. The van der Waals surface area contributed by atoms with Crippen molar-refractivity contribution in [2.24, 2.45) is 5.92 Å². The van der Waals surface area contributed by atoms with Gasteiger partial charge in [0.1, 0.15) is 5.82 Å². The first-order valence-electron chi connectivity index (χ1n) is 6.24. The Balaban J connectivity index is 2.58. The molecule has 4 heteroatoms. The number of hydrogen-bond acceptors (Lipinski definition) is 3. The zero-order valence-electron chi connectivity index (χ0n) is 11.3. The summed E-state index contributed by atoms with van der Waals surface area (Å²) >= 11 is 1.79. The van der Waals surface area contributed by atoms with Crippen LogP contribution < -0.4 is 5.32 Å². The lowest BCUT2D eigenvalue weighted by molar-refractivity contribution is 0.199. The van der Waals surface area contributed by atoms with E-state index >= 15 is 0 Å². The Morgan fingerprint density at radius 2 is 2.17 bits per heavy atom. The van der Waals surface area contributed by atoms with Gasteiger partial charge in [-0.3, -0.25) is 0 Å².